The summed E-state index contributed by atoms with van der Waals surface area (Å²) in [5.74, 6) is 0.462. The molecule has 1 saturated carbocycles. The molecule has 1 aromatic rings. The Morgan fingerprint density at radius 1 is 1.12 bits per heavy atom. The molecule has 2 aliphatic rings. The number of likely N-dealkylation sites (tertiary alicyclic amines) is 1. The number of carbonyl (C=O) groups is 1. The molecule has 2 fully saturated rings. The molecule has 5 nitrogen and oxygen atoms in total. The number of rotatable bonds is 6. The van der Waals surface area contributed by atoms with Crippen molar-refractivity contribution in [2.75, 3.05) is 13.1 Å². The maximum atomic E-state index is 12.1. The Morgan fingerprint density at radius 3 is 2.44 bits per heavy atom. The van der Waals surface area contributed by atoms with Gasteiger partial charge in [-0.2, -0.15) is 0 Å². The zero-order valence-corrected chi connectivity index (χ0v) is 15.0. The predicted octanol–water partition coefficient (Wildman–Crippen LogP) is 1.78. The minimum Gasteiger partial charge on any atom is -0.393 e. The highest BCUT2D eigenvalue weighted by atomic mass is 16.3. The fourth-order valence-corrected chi connectivity index (χ4v) is 3.93. The summed E-state index contributed by atoms with van der Waals surface area (Å²) >= 11 is 0. The molecular weight excluding hydrogens is 314 g/mol. The SMILES string of the molecule is N[C@@H]1CCC[C@H]1CC(=O)NCc1ccc(CN2CCC(O)CC2)cc1. The number of carbonyl (C=O) groups excluding carboxylic acids is 1. The first-order valence-electron chi connectivity index (χ1n) is 9.60. The van der Waals surface area contributed by atoms with Crippen LogP contribution < -0.4 is 11.1 Å². The summed E-state index contributed by atoms with van der Waals surface area (Å²) in [7, 11) is 0. The number of aliphatic hydroxyl groups is 1. The lowest BCUT2D eigenvalue weighted by atomic mass is 10.00. The van der Waals surface area contributed by atoms with E-state index in [1.807, 2.05) is 0 Å². The van der Waals surface area contributed by atoms with Crippen LogP contribution in [0.15, 0.2) is 24.3 Å². The van der Waals surface area contributed by atoms with Crippen molar-refractivity contribution in [1.29, 1.82) is 0 Å². The van der Waals surface area contributed by atoms with Crippen LogP contribution in [-0.2, 0) is 17.9 Å². The number of nitrogens with two attached hydrogens (primary N) is 1. The summed E-state index contributed by atoms with van der Waals surface area (Å²) in [5.41, 5.74) is 8.45. The van der Waals surface area contributed by atoms with Gasteiger partial charge in [-0.1, -0.05) is 30.7 Å². The highest BCUT2D eigenvalue weighted by Crippen LogP contribution is 2.26. The van der Waals surface area contributed by atoms with E-state index in [-0.39, 0.29) is 18.1 Å². The number of benzene rings is 1. The average Bonchev–Trinajstić information content (AvgIpc) is 3.01. The molecule has 138 valence electrons. The van der Waals surface area contributed by atoms with Gasteiger partial charge in [0.2, 0.25) is 5.91 Å². The van der Waals surface area contributed by atoms with E-state index in [2.05, 4.69) is 34.5 Å². The van der Waals surface area contributed by atoms with Gasteiger partial charge < -0.3 is 16.2 Å². The molecular formula is C20H31N3O2. The van der Waals surface area contributed by atoms with Gasteiger partial charge in [-0.05, 0) is 42.7 Å². The van der Waals surface area contributed by atoms with Gasteiger partial charge in [0.05, 0.1) is 6.10 Å². The summed E-state index contributed by atoms with van der Waals surface area (Å²) in [4.78, 5) is 14.5. The largest absolute Gasteiger partial charge is 0.393 e. The van der Waals surface area contributed by atoms with Gasteiger partial charge in [0, 0.05) is 38.6 Å². The standard InChI is InChI=1S/C20H31N3O2/c21-19-3-1-2-17(19)12-20(25)22-13-15-4-6-16(7-5-15)14-23-10-8-18(24)9-11-23/h4-7,17-19,24H,1-3,8-14,21H2,(H,22,25)/t17-,19+/m0/s1. The van der Waals surface area contributed by atoms with Gasteiger partial charge in [0.1, 0.15) is 0 Å². The lowest BCUT2D eigenvalue weighted by Gasteiger charge is -2.29. The highest BCUT2D eigenvalue weighted by Gasteiger charge is 2.25. The van der Waals surface area contributed by atoms with Gasteiger partial charge >= 0.3 is 0 Å². The first kappa shape index (κ1) is 18.4. The van der Waals surface area contributed by atoms with E-state index in [1.54, 1.807) is 0 Å². The minimum absolute atomic E-state index is 0.110. The number of nitrogens with zero attached hydrogens (tertiary/aromatic N) is 1. The smallest absolute Gasteiger partial charge is 0.220 e. The van der Waals surface area contributed by atoms with Crippen molar-refractivity contribution >= 4 is 5.91 Å². The van der Waals surface area contributed by atoms with Crippen LogP contribution in [0.2, 0.25) is 0 Å². The van der Waals surface area contributed by atoms with Crippen molar-refractivity contribution in [2.45, 2.75) is 63.8 Å². The van der Waals surface area contributed by atoms with Crippen LogP contribution in [0.1, 0.15) is 49.7 Å². The van der Waals surface area contributed by atoms with Crippen LogP contribution >= 0.6 is 0 Å². The molecule has 1 saturated heterocycles. The second kappa shape index (κ2) is 8.79. The number of amides is 1. The molecule has 0 unspecified atom stereocenters. The zero-order chi connectivity index (χ0) is 17.6. The van der Waals surface area contributed by atoms with Crippen LogP contribution in [0.25, 0.3) is 0 Å². The molecule has 2 atom stereocenters. The summed E-state index contributed by atoms with van der Waals surface area (Å²) in [5, 5.41) is 12.6. The Morgan fingerprint density at radius 2 is 1.80 bits per heavy atom. The number of hydrogen-bond acceptors (Lipinski definition) is 4. The maximum Gasteiger partial charge on any atom is 0.220 e. The Bertz CT molecular complexity index is 553. The second-order valence-corrected chi connectivity index (χ2v) is 7.66. The van der Waals surface area contributed by atoms with Crippen LogP contribution in [0, 0.1) is 5.92 Å². The Balaban J connectivity index is 1.40. The second-order valence-electron chi connectivity index (χ2n) is 7.66. The molecule has 0 bridgehead atoms. The average molecular weight is 345 g/mol. The van der Waals surface area contributed by atoms with Crippen LogP contribution in [0.5, 0.6) is 0 Å². The van der Waals surface area contributed by atoms with Gasteiger partial charge in [0.15, 0.2) is 0 Å². The molecule has 25 heavy (non-hydrogen) atoms. The van der Waals surface area contributed by atoms with Gasteiger partial charge in [-0.25, -0.2) is 0 Å². The molecule has 4 N–H and O–H groups in total. The molecule has 0 aromatic heterocycles. The molecule has 3 rings (SSSR count). The molecule has 1 aliphatic heterocycles. The molecule has 0 spiro atoms. The van der Waals surface area contributed by atoms with Crippen molar-refractivity contribution in [3.05, 3.63) is 35.4 Å². The fraction of sp³-hybridized carbons (Fsp3) is 0.650. The van der Waals surface area contributed by atoms with Gasteiger partial charge in [-0.3, -0.25) is 9.69 Å². The van der Waals surface area contributed by atoms with Crippen molar-refractivity contribution in [2.24, 2.45) is 11.7 Å². The van der Waals surface area contributed by atoms with E-state index in [4.69, 9.17) is 5.73 Å². The van der Waals surface area contributed by atoms with Crippen molar-refractivity contribution in [1.82, 2.24) is 10.2 Å². The van der Waals surface area contributed by atoms with E-state index in [0.29, 0.717) is 18.9 Å². The van der Waals surface area contributed by atoms with Crippen molar-refractivity contribution < 1.29 is 9.90 Å². The third kappa shape index (κ3) is 5.53. The number of aliphatic hydroxyl groups excluding tert-OH is 1. The Labute approximate surface area is 150 Å². The normalized spacial score (nSPS) is 25.2. The van der Waals surface area contributed by atoms with E-state index in [9.17, 15) is 9.90 Å². The van der Waals surface area contributed by atoms with E-state index < -0.39 is 0 Å². The summed E-state index contributed by atoms with van der Waals surface area (Å²) in [6.45, 7) is 3.43. The minimum atomic E-state index is -0.124. The van der Waals surface area contributed by atoms with Crippen LogP contribution in [-0.4, -0.2) is 41.1 Å². The zero-order valence-electron chi connectivity index (χ0n) is 15.0. The molecule has 1 heterocycles. The first-order valence-corrected chi connectivity index (χ1v) is 9.60. The van der Waals surface area contributed by atoms with Gasteiger partial charge in [-0.15, -0.1) is 0 Å². The Hall–Kier alpha value is -1.43. The summed E-state index contributed by atoms with van der Waals surface area (Å²) in [6, 6.07) is 8.66. The number of hydrogen-bond donors (Lipinski definition) is 3. The van der Waals surface area contributed by atoms with E-state index >= 15 is 0 Å². The third-order valence-electron chi connectivity index (χ3n) is 5.64. The lowest BCUT2D eigenvalue weighted by molar-refractivity contribution is -0.122. The number of piperidine rings is 1. The van der Waals surface area contributed by atoms with Crippen LogP contribution in [0.4, 0.5) is 0 Å². The van der Waals surface area contributed by atoms with Crippen molar-refractivity contribution in [3.8, 4) is 0 Å². The van der Waals surface area contributed by atoms with E-state index in [1.165, 1.54) is 5.56 Å². The Kier molecular flexibility index (Phi) is 6.45. The first-order chi connectivity index (χ1) is 12.1. The van der Waals surface area contributed by atoms with Gasteiger partial charge in [0.25, 0.3) is 0 Å². The van der Waals surface area contributed by atoms with Crippen LogP contribution in [0.3, 0.4) is 0 Å². The monoisotopic (exact) mass is 345 g/mol. The number of nitrogens with one attached hydrogen (secondary N) is 1. The molecule has 1 amide bonds. The predicted molar refractivity (Wildman–Crippen MR) is 98.7 cm³/mol. The molecule has 5 heteroatoms. The third-order valence-corrected chi connectivity index (χ3v) is 5.64. The van der Waals surface area contributed by atoms with E-state index in [0.717, 1.165) is 57.3 Å². The molecule has 1 aliphatic carbocycles. The quantitative estimate of drug-likeness (QED) is 0.734. The fourth-order valence-electron chi connectivity index (χ4n) is 3.93. The molecule has 0 radical (unpaired) electrons. The lowest BCUT2D eigenvalue weighted by Crippen LogP contribution is -2.35. The molecule has 1 aromatic carbocycles. The topological polar surface area (TPSA) is 78.6 Å². The summed E-state index contributed by atoms with van der Waals surface area (Å²) < 4.78 is 0. The maximum absolute atomic E-state index is 12.1. The summed E-state index contributed by atoms with van der Waals surface area (Å²) in [6.07, 6.45) is 5.45. The highest BCUT2D eigenvalue weighted by molar-refractivity contribution is 5.76. The van der Waals surface area contributed by atoms with Crippen molar-refractivity contribution in [3.63, 3.8) is 0 Å².